The van der Waals surface area contributed by atoms with Crippen LogP contribution in [0.4, 0.5) is 0 Å². The first-order valence-corrected chi connectivity index (χ1v) is 10.5. The second-order valence-corrected chi connectivity index (χ2v) is 7.59. The molecule has 0 radical (unpaired) electrons. The number of carbonyl (C=O) groups excluding carboxylic acids is 3. The van der Waals surface area contributed by atoms with Crippen LogP contribution >= 0.6 is 0 Å². The van der Waals surface area contributed by atoms with Gasteiger partial charge in [0.05, 0.1) is 12.1 Å². The third kappa shape index (κ3) is 5.03. The van der Waals surface area contributed by atoms with Gasteiger partial charge in [0, 0.05) is 18.7 Å². The van der Waals surface area contributed by atoms with E-state index in [4.69, 9.17) is 4.74 Å². The Morgan fingerprint density at radius 2 is 1.53 bits per heavy atom. The predicted molar refractivity (Wildman–Crippen MR) is 121 cm³/mol. The van der Waals surface area contributed by atoms with E-state index >= 15 is 0 Å². The summed E-state index contributed by atoms with van der Waals surface area (Å²) >= 11 is 0. The molecule has 0 aliphatic carbocycles. The molecule has 0 spiro atoms. The Balaban J connectivity index is 1.34. The topological polar surface area (TPSA) is 75.7 Å². The van der Waals surface area contributed by atoms with Gasteiger partial charge in [-0.05, 0) is 29.7 Å². The van der Waals surface area contributed by atoms with Gasteiger partial charge < -0.3 is 15.0 Å². The lowest BCUT2D eigenvalue weighted by atomic mass is 10.00. The van der Waals surface area contributed by atoms with Crippen molar-refractivity contribution in [2.45, 2.75) is 13.0 Å². The van der Waals surface area contributed by atoms with Crippen LogP contribution in [0.3, 0.4) is 0 Å². The Morgan fingerprint density at radius 3 is 2.34 bits per heavy atom. The van der Waals surface area contributed by atoms with Gasteiger partial charge in [-0.25, -0.2) is 0 Å². The van der Waals surface area contributed by atoms with Crippen LogP contribution in [-0.2, 0) is 17.8 Å². The number of benzene rings is 3. The molecule has 0 bridgehead atoms. The lowest BCUT2D eigenvalue weighted by Crippen LogP contribution is -2.39. The SMILES string of the molecule is O=C(CNC(=O)c1ccccc1OCC(=O)N1CCc2ccccc2C1)c1ccccc1. The van der Waals surface area contributed by atoms with Crippen LogP contribution < -0.4 is 10.1 Å². The van der Waals surface area contributed by atoms with Crippen molar-refractivity contribution in [1.29, 1.82) is 0 Å². The van der Waals surface area contributed by atoms with Gasteiger partial charge in [0.25, 0.3) is 11.8 Å². The average Bonchev–Trinajstić information content (AvgIpc) is 2.86. The van der Waals surface area contributed by atoms with E-state index in [1.54, 1.807) is 53.4 Å². The normalized spacial score (nSPS) is 12.6. The van der Waals surface area contributed by atoms with Gasteiger partial charge in [0.2, 0.25) is 0 Å². The van der Waals surface area contributed by atoms with Crippen LogP contribution in [0.5, 0.6) is 5.75 Å². The summed E-state index contributed by atoms with van der Waals surface area (Å²) in [5.74, 6) is -0.431. The van der Waals surface area contributed by atoms with E-state index in [-0.39, 0.29) is 30.4 Å². The van der Waals surface area contributed by atoms with E-state index in [0.29, 0.717) is 24.4 Å². The number of ether oxygens (including phenoxy) is 1. The first kappa shape index (κ1) is 21.3. The van der Waals surface area contributed by atoms with Crippen molar-refractivity contribution >= 4 is 17.6 Å². The van der Waals surface area contributed by atoms with Gasteiger partial charge >= 0.3 is 0 Å². The van der Waals surface area contributed by atoms with Crippen molar-refractivity contribution in [2.24, 2.45) is 0 Å². The highest BCUT2D eigenvalue weighted by Gasteiger charge is 2.21. The fourth-order valence-corrected chi connectivity index (χ4v) is 3.70. The van der Waals surface area contributed by atoms with Crippen LogP contribution in [0, 0.1) is 0 Å². The molecule has 0 saturated carbocycles. The summed E-state index contributed by atoms with van der Waals surface area (Å²) in [7, 11) is 0. The van der Waals surface area contributed by atoms with Gasteiger partial charge in [-0.1, -0.05) is 66.7 Å². The molecular formula is C26H24N2O4. The van der Waals surface area contributed by atoms with Crippen molar-refractivity contribution in [2.75, 3.05) is 19.7 Å². The summed E-state index contributed by atoms with van der Waals surface area (Å²) in [6.07, 6.45) is 0.816. The minimum absolute atomic E-state index is 0.122. The van der Waals surface area contributed by atoms with Gasteiger partial charge in [0.15, 0.2) is 12.4 Å². The summed E-state index contributed by atoms with van der Waals surface area (Å²) in [6, 6.07) is 23.6. The van der Waals surface area contributed by atoms with Crippen molar-refractivity contribution in [1.82, 2.24) is 10.2 Å². The average molecular weight is 428 g/mol. The summed E-state index contributed by atoms with van der Waals surface area (Å²) < 4.78 is 5.72. The van der Waals surface area contributed by atoms with Crippen molar-refractivity contribution in [3.8, 4) is 5.75 Å². The third-order valence-corrected chi connectivity index (χ3v) is 5.47. The molecular weight excluding hydrogens is 404 g/mol. The number of hydrogen-bond donors (Lipinski definition) is 1. The number of Topliss-reactive ketones (excluding diaryl/α,β-unsaturated/α-hetero) is 1. The second-order valence-electron chi connectivity index (χ2n) is 7.59. The predicted octanol–water partition coefficient (Wildman–Crippen LogP) is 3.26. The zero-order chi connectivity index (χ0) is 22.3. The van der Waals surface area contributed by atoms with Gasteiger partial charge in [-0.15, -0.1) is 0 Å². The maximum absolute atomic E-state index is 12.7. The van der Waals surface area contributed by atoms with Gasteiger partial charge in [-0.3, -0.25) is 14.4 Å². The molecule has 2 amide bonds. The fraction of sp³-hybridized carbons (Fsp3) is 0.192. The van der Waals surface area contributed by atoms with E-state index in [1.165, 1.54) is 5.56 Å². The van der Waals surface area contributed by atoms with E-state index in [0.717, 1.165) is 12.0 Å². The second kappa shape index (κ2) is 9.92. The smallest absolute Gasteiger partial charge is 0.260 e. The monoisotopic (exact) mass is 428 g/mol. The summed E-state index contributed by atoms with van der Waals surface area (Å²) in [5, 5.41) is 2.64. The minimum Gasteiger partial charge on any atom is -0.483 e. The maximum Gasteiger partial charge on any atom is 0.260 e. The number of carbonyl (C=O) groups is 3. The fourth-order valence-electron chi connectivity index (χ4n) is 3.70. The Hall–Kier alpha value is -3.93. The Kier molecular flexibility index (Phi) is 6.60. The Bertz CT molecular complexity index is 1130. The van der Waals surface area contributed by atoms with Gasteiger partial charge in [-0.2, -0.15) is 0 Å². The quantitative estimate of drug-likeness (QED) is 0.586. The number of hydrogen-bond acceptors (Lipinski definition) is 4. The van der Waals surface area contributed by atoms with Crippen LogP contribution in [0.25, 0.3) is 0 Å². The molecule has 4 rings (SSSR count). The zero-order valence-corrected chi connectivity index (χ0v) is 17.6. The number of ketones is 1. The largest absolute Gasteiger partial charge is 0.483 e. The molecule has 3 aromatic rings. The Morgan fingerprint density at radius 1 is 0.844 bits per heavy atom. The highest BCUT2D eigenvalue weighted by atomic mass is 16.5. The standard InChI is InChI=1S/C26H24N2O4/c29-23(20-9-2-1-3-10-20)16-27-26(31)22-12-6-7-13-24(22)32-18-25(30)28-15-14-19-8-4-5-11-21(19)17-28/h1-13H,14-18H2,(H,27,31). The molecule has 0 saturated heterocycles. The van der Waals surface area contributed by atoms with Gasteiger partial charge in [0.1, 0.15) is 5.75 Å². The number of nitrogens with zero attached hydrogens (tertiary/aromatic N) is 1. The number of fused-ring (bicyclic) bond motifs is 1. The van der Waals surface area contributed by atoms with E-state index in [1.807, 2.05) is 24.3 Å². The number of rotatable bonds is 7. The van der Waals surface area contributed by atoms with E-state index in [2.05, 4.69) is 11.4 Å². The third-order valence-electron chi connectivity index (χ3n) is 5.47. The molecule has 1 aliphatic rings. The molecule has 0 atom stereocenters. The van der Waals surface area contributed by atoms with Crippen LogP contribution in [0.2, 0.25) is 0 Å². The highest BCUT2D eigenvalue weighted by molar-refractivity contribution is 6.03. The first-order chi connectivity index (χ1) is 15.6. The molecule has 162 valence electrons. The number of nitrogens with one attached hydrogen (secondary N) is 1. The van der Waals surface area contributed by atoms with Crippen LogP contribution in [-0.4, -0.2) is 42.2 Å². The lowest BCUT2D eigenvalue weighted by Gasteiger charge is -2.28. The molecule has 1 heterocycles. The van der Waals surface area contributed by atoms with Crippen LogP contribution in [0.1, 0.15) is 31.8 Å². The summed E-state index contributed by atoms with van der Waals surface area (Å²) in [6.45, 7) is 0.920. The summed E-state index contributed by atoms with van der Waals surface area (Å²) in [4.78, 5) is 39.4. The molecule has 32 heavy (non-hydrogen) atoms. The molecule has 1 N–H and O–H groups in total. The molecule has 0 unspecified atom stereocenters. The maximum atomic E-state index is 12.7. The zero-order valence-electron chi connectivity index (χ0n) is 17.6. The number of amides is 2. The molecule has 6 nitrogen and oxygen atoms in total. The molecule has 0 fully saturated rings. The van der Waals surface area contributed by atoms with Crippen molar-refractivity contribution < 1.29 is 19.1 Å². The van der Waals surface area contributed by atoms with Crippen LogP contribution in [0.15, 0.2) is 78.9 Å². The molecule has 3 aromatic carbocycles. The van der Waals surface area contributed by atoms with E-state index in [9.17, 15) is 14.4 Å². The lowest BCUT2D eigenvalue weighted by molar-refractivity contribution is -0.134. The minimum atomic E-state index is -0.427. The summed E-state index contributed by atoms with van der Waals surface area (Å²) in [5.41, 5.74) is 3.23. The van der Waals surface area contributed by atoms with Crippen molar-refractivity contribution in [3.05, 3.63) is 101 Å². The molecule has 6 heteroatoms. The van der Waals surface area contributed by atoms with E-state index < -0.39 is 5.91 Å². The van der Waals surface area contributed by atoms with Crippen molar-refractivity contribution in [3.63, 3.8) is 0 Å². The Labute approximate surface area is 186 Å². The highest BCUT2D eigenvalue weighted by Crippen LogP contribution is 2.20. The molecule has 0 aromatic heterocycles. The number of para-hydroxylation sites is 1. The first-order valence-electron chi connectivity index (χ1n) is 10.5. The molecule has 1 aliphatic heterocycles.